The minimum Gasteiger partial charge on any atom is -0.486 e. The summed E-state index contributed by atoms with van der Waals surface area (Å²) < 4.78 is 55.3. The Labute approximate surface area is 194 Å². The molecule has 2 nitrogen and oxygen atoms in total. The van der Waals surface area contributed by atoms with E-state index in [1.54, 1.807) is 18.2 Å². The highest BCUT2D eigenvalue weighted by Gasteiger charge is 2.36. The summed E-state index contributed by atoms with van der Waals surface area (Å²) >= 11 is 0. The van der Waals surface area contributed by atoms with E-state index in [-0.39, 0.29) is 23.5 Å². The Balaban J connectivity index is 1.47. The van der Waals surface area contributed by atoms with Gasteiger partial charge in [-0.15, -0.1) is 0 Å². The fourth-order valence-electron chi connectivity index (χ4n) is 5.62. The Hall–Kier alpha value is -2.27. The van der Waals surface area contributed by atoms with Gasteiger partial charge in [-0.2, -0.15) is 4.39 Å². The van der Waals surface area contributed by atoms with Gasteiger partial charge in [0.15, 0.2) is 11.6 Å². The second kappa shape index (κ2) is 10.8. The maximum Gasteiger partial charge on any atom is 0.201 e. The van der Waals surface area contributed by atoms with Crippen molar-refractivity contribution in [3.05, 3.63) is 65.5 Å². The van der Waals surface area contributed by atoms with Crippen LogP contribution in [0.15, 0.2) is 42.5 Å². The standard InChI is InChI=1S/C28H33F3O2/c1-3-5-14-33-26-13-12-24(27(30)28(26)31)23-11-9-21(17-25(23)29)18-6-7-20-16-22(32-4-2)10-8-19(20)15-18/h3,5,9,11-13,17-20,22H,4,6-8,10,14-16H2,1-2H3/b5-3+. The van der Waals surface area contributed by atoms with E-state index >= 15 is 4.39 Å². The Morgan fingerprint density at radius 3 is 2.42 bits per heavy atom. The van der Waals surface area contributed by atoms with Gasteiger partial charge in [-0.1, -0.05) is 24.3 Å². The number of rotatable bonds is 7. The van der Waals surface area contributed by atoms with Crippen LogP contribution in [0.1, 0.15) is 63.9 Å². The van der Waals surface area contributed by atoms with E-state index in [1.165, 1.54) is 24.6 Å². The summed E-state index contributed by atoms with van der Waals surface area (Å²) in [6, 6.07) is 7.71. The third-order valence-corrected chi connectivity index (χ3v) is 7.34. The molecule has 2 aliphatic rings. The molecule has 0 N–H and O–H groups in total. The first-order chi connectivity index (χ1) is 16.0. The maximum absolute atomic E-state index is 15.1. The predicted octanol–water partition coefficient (Wildman–Crippen LogP) is 7.81. The van der Waals surface area contributed by atoms with E-state index in [0.29, 0.717) is 23.9 Å². The van der Waals surface area contributed by atoms with Gasteiger partial charge in [0.2, 0.25) is 5.82 Å². The number of ether oxygens (including phenoxy) is 2. The second-order valence-corrected chi connectivity index (χ2v) is 9.28. The van der Waals surface area contributed by atoms with E-state index in [4.69, 9.17) is 9.47 Å². The van der Waals surface area contributed by atoms with E-state index in [9.17, 15) is 8.78 Å². The van der Waals surface area contributed by atoms with Crippen LogP contribution < -0.4 is 4.74 Å². The molecule has 2 fully saturated rings. The van der Waals surface area contributed by atoms with Crippen LogP contribution in [0.4, 0.5) is 13.2 Å². The van der Waals surface area contributed by atoms with Gasteiger partial charge < -0.3 is 9.47 Å². The normalized spacial score (nSPS) is 25.2. The number of allylic oxidation sites excluding steroid dienone is 1. The fourth-order valence-corrected chi connectivity index (χ4v) is 5.62. The van der Waals surface area contributed by atoms with Crippen molar-refractivity contribution >= 4 is 0 Å². The third kappa shape index (κ3) is 5.29. The number of fused-ring (bicyclic) bond motifs is 1. The topological polar surface area (TPSA) is 18.5 Å². The summed E-state index contributed by atoms with van der Waals surface area (Å²) in [5.74, 6) is -1.22. The van der Waals surface area contributed by atoms with Crippen LogP contribution >= 0.6 is 0 Å². The molecule has 5 heteroatoms. The van der Waals surface area contributed by atoms with Crippen molar-refractivity contribution in [2.24, 2.45) is 11.8 Å². The van der Waals surface area contributed by atoms with Gasteiger partial charge in [0.25, 0.3) is 0 Å². The molecule has 0 saturated heterocycles. The summed E-state index contributed by atoms with van der Waals surface area (Å²) in [5.41, 5.74) is 0.933. The van der Waals surface area contributed by atoms with E-state index in [1.807, 2.05) is 13.0 Å². The molecule has 2 saturated carbocycles. The molecule has 0 aromatic heterocycles. The van der Waals surface area contributed by atoms with Crippen LogP contribution in [0.3, 0.4) is 0 Å². The van der Waals surface area contributed by atoms with E-state index in [2.05, 4.69) is 6.92 Å². The van der Waals surface area contributed by atoms with Gasteiger partial charge >= 0.3 is 0 Å². The average molecular weight is 459 g/mol. The van der Waals surface area contributed by atoms with E-state index in [0.717, 1.165) is 44.3 Å². The molecule has 4 unspecified atom stereocenters. The number of hydrogen-bond acceptors (Lipinski definition) is 2. The monoisotopic (exact) mass is 458 g/mol. The Kier molecular flexibility index (Phi) is 7.79. The van der Waals surface area contributed by atoms with E-state index < -0.39 is 17.5 Å². The van der Waals surface area contributed by atoms with Gasteiger partial charge in [-0.25, -0.2) is 8.78 Å². The summed E-state index contributed by atoms with van der Waals surface area (Å²) in [7, 11) is 0. The zero-order chi connectivity index (χ0) is 23.4. The van der Waals surface area contributed by atoms with Crippen LogP contribution in [0.25, 0.3) is 11.1 Å². The smallest absolute Gasteiger partial charge is 0.201 e. The minimum atomic E-state index is -1.10. The summed E-state index contributed by atoms with van der Waals surface area (Å²) in [4.78, 5) is 0. The zero-order valence-electron chi connectivity index (χ0n) is 19.5. The Morgan fingerprint density at radius 2 is 1.67 bits per heavy atom. The van der Waals surface area contributed by atoms with Crippen molar-refractivity contribution < 1.29 is 22.6 Å². The van der Waals surface area contributed by atoms with Crippen molar-refractivity contribution in [3.63, 3.8) is 0 Å². The van der Waals surface area contributed by atoms with Crippen molar-refractivity contribution in [3.8, 4) is 16.9 Å². The molecular formula is C28H33F3O2. The van der Waals surface area contributed by atoms with Gasteiger partial charge in [-0.3, -0.25) is 0 Å². The lowest BCUT2D eigenvalue weighted by molar-refractivity contribution is -0.00956. The highest BCUT2D eigenvalue weighted by Crippen LogP contribution is 2.47. The highest BCUT2D eigenvalue weighted by atomic mass is 19.2. The molecule has 178 valence electrons. The molecule has 0 amide bonds. The summed E-state index contributed by atoms with van der Waals surface area (Å²) in [6.45, 7) is 4.78. The molecule has 0 heterocycles. The quantitative estimate of drug-likeness (QED) is 0.394. The molecule has 2 aromatic rings. The van der Waals surface area contributed by atoms with Gasteiger partial charge in [0, 0.05) is 17.7 Å². The number of benzene rings is 2. The summed E-state index contributed by atoms with van der Waals surface area (Å²) in [6.07, 6.45) is 10.5. The predicted molar refractivity (Wildman–Crippen MR) is 125 cm³/mol. The maximum atomic E-state index is 15.1. The average Bonchev–Trinajstić information content (AvgIpc) is 2.82. The largest absolute Gasteiger partial charge is 0.486 e. The fraction of sp³-hybridized carbons (Fsp3) is 0.500. The van der Waals surface area contributed by atoms with Crippen LogP contribution in [0, 0.1) is 29.3 Å². The molecule has 2 aromatic carbocycles. The SMILES string of the molecule is C/C=C/COc1ccc(-c2ccc(C3CCC4CC(OCC)CCC4C3)cc2F)c(F)c1F. The molecule has 2 aliphatic carbocycles. The van der Waals surface area contributed by atoms with Crippen LogP contribution in [0.5, 0.6) is 5.75 Å². The lowest BCUT2D eigenvalue weighted by Gasteiger charge is -2.42. The van der Waals surface area contributed by atoms with Gasteiger partial charge in [0.1, 0.15) is 12.4 Å². The van der Waals surface area contributed by atoms with Crippen molar-refractivity contribution in [1.82, 2.24) is 0 Å². The molecular weight excluding hydrogens is 425 g/mol. The first kappa shape index (κ1) is 23.9. The van der Waals surface area contributed by atoms with Crippen LogP contribution in [-0.4, -0.2) is 19.3 Å². The first-order valence-electron chi connectivity index (χ1n) is 12.1. The first-order valence-corrected chi connectivity index (χ1v) is 12.1. The Bertz CT molecular complexity index is 987. The highest BCUT2D eigenvalue weighted by molar-refractivity contribution is 5.66. The van der Waals surface area contributed by atoms with Crippen molar-refractivity contribution in [2.45, 2.75) is 64.4 Å². The summed E-state index contributed by atoms with van der Waals surface area (Å²) in [5, 5.41) is 0. The lowest BCUT2D eigenvalue weighted by Crippen LogP contribution is -2.33. The molecule has 0 radical (unpaired) electrons. The van der Waals surface area contributed by atoms with Gasteiger partial charge in [0.05, 0.1) is 6.10 Å². The molecule has 0 aliphatic heterocycles. The molecule has 33 heavy (non-hydrogen) atoms. The van der Waals surface area contributed by atoms with Crippen LogP contribution in [0.2, 0.25) is 0 Å². The molecule has 0 spiro atoms. The lowest BCUT2D eigenvalue weighted by atomic mass is 9.65. The second-order valence-electron chi connectivity index (χ2n) is 9.28. The van der Waals surface area contributed by atoms with Crippen molar-refractivity contribution in [2.75, 3.05) is 13.2 Å². The van der Waals surface area contributed by atoms with Gasteiger partial charge in [-0.05, 0) is 93.9 Å². The minimum absolute atomic E-state index is 0.0704. The zero-order valence-corrected chi connectivity index (χ0v) is 19.5. The number of halogens is 3. The van der Waals surface area contributed by atoms with Crippen LogP contribution in [-0.2, 0) is 4.74 Å². The molecule has 4 atom stereocenters. The van der Waals surface area contributed by atoms with Crippen molar-refractivity contribution in [1.29, 1.82) is 0 Å². The molecule has 4 rings (SSSR count). The Morgan fingerprint density at radius 1 is 0.909 bits per heavy atom. The third-order valence-electron chi connectivity index (χ3n) is 7.34. The number of hydrogen-bond donors (Lipinski definition) is 0. The molecule has 0 bridgehead atoms.